The molecule has 7 nitrogen and oxygen atoms in total. The molecule has 1 aliphatic heterocycles. The smallest absolute Gasteiger partial charge is 0.259 e. The van der Waals surface area contributed by atoms with Crippen LogP contribution in [-0.4, -0.2) is 39.8 Å². The van der Waals surface area contributed by atoms with Crippen LogP contribution in [0.2, 0.25) is 0 Å². The van der Waals surface area contributed by atoms with Crippen LogP contribution < -0.4 is 10.1 Å². The van der Waals surface area contributed by atoms with Crippen LogP contribution in [-0.2, 0) is 13.6 Å². The second-order valence-corrected chi connectivity index (χ2v) is 8.22. The van der Waals surface area contributed by atoms with Gasteiger partial charge in [0.05, 0.1) is 34.8 Å². The van der Waals surface area contributed by atoms with Gasteiger partial charge in [-0.1, -0.05) is 12.1 Å². The Balaban J connectivity index is 1.94. The molecule has 5 aromatic rings. The maximum absolute atomic E-state index is 13.1. The van der Waals surface area contributed by atoms with Gasteiger partial charge in [-0.3, -0.25) is 14.9 Å². The summed E-state index contributed by atoms with van der Waals surface area (Å²) in [6, 6.07) is 11.8. The Labute approximate surface area is 182 Å². The van der Waals surface area contributed by atoms with E-state index in [-0.39, 0.29) is 18.4 Å². The fourth-order valence-electron chi connectivity index (χ4n) is 5.22. The summed E-state index contributed by atoms with van der Waals surface area (Å²) in [4.78, 5) is 26.1. The van der Waals surface area contributed by atoms with Crippen molar-refractivity contribution in [2.75, 3.05) is 13.7 Å². The molecule has 2 aromatic heterocycles. The van der Waals surface area contributed by atoms with Crippen LogP contribution in [0.3, 0.4) is 0 Å². The predicted octanol–water partition coefficient (Wildman–Crippen LogP) is 3.71. The first-order valence-electron chi connectivity index (χ1n) is 10.6. The van der Waals surface area contributed by atoms with E-state index in [2.05, 4.69) is 9.88 Å². The average Bonchev–Trinajstić information content (AvgIpc) is 3.43. The zero-order valence-corrected chi connectivity index (χ0v) is 17.7. The molecule has 0 saturated carbocycles. The summed E-state index contributed by atoms with van der Waals surface area (Å²) in [5.41, 5.74) is 3.57. The van der Waals surface area contributed by atoms with Crippen LogP contribution in [0.5, 0.6) is 5.75 Å². The van der Waals surface area contributed by atoms with E-state index in [4.69, 9.17) is 4.74 Å². The van der Waals surface area contributed by atoms with Gasteiger partial charge in [0.25, 0.3) is 11.8 Å². The zero-order chi connectivity index (χ0) is 22.1. The summed E-state index contributed by atoms with van der Waals surface area (Å²) in [5, 5.41) is 16.4. The Morgan fingerprint density at radius 1 is 0.969 bits per heavy atom. The van der Waals surface area contributed by atoms with Gasteiger partial charge >= 0.3 is 0 Å². The minimum Gasteiger partial charge on any atom is -0.497 e. The molecule has 0 radical (unpaired) electrons. The molecule has 0 atom stereocenters. The highest BCUT2D eigenvalue weighted by atomic mass is 16.5. The topological polar surface area (TPSA) is 85.5 Å². The highest BCUT2D eigenvalue weighted by molar-refractivity contribution is 6.39. The fraction of sp³-hybridized carbons (Fsp3) is 0.200. The maximum Gasteiger partial charge on any atom is 0.259 e. The van der Waals surface area contributed by atoms with Crippen molar-refractivity contribution in [2.45, 2.75) is 13.0 Å². The van der Waals surface area contributed by atoms with E-state index >= 15 is 0 Å². The number of imide groups is 1. The first-order chi connectivity index (χ1) is 15.5. The van der Waals surface area contributed by atoms with Crippen molar-refractivity contribution in [3.63, 3.8) is 0 Å². The van der Waals surface area contributed by atoms with Crippen molar-refractivity contribution < 1.29 is 19.4 Å². The minimum atomic E-state index is -0.375. The SMILES string of the molecule is COc1ccc2c3c4c(c5c(ccc6ccn(C)c65)c3n(CCCO)c2c1)C(=O)NC4=O. The summed E-state index contributed by atoms with van der Waals surface area (Å²) in [5.74, 6) is -0.0348. The Kier molecular flexibility index (Phi) is 3.88. The third-order valence-electron chi connectivity index (χ3n) is 6.54. The Morgan fingerprint density at radius 3 is 2.41 bits per heavy atom. The van der Waals surface area contributed by atoms with Gasteiger partial charge in [-0.2, -0.15) is 0 Å². The number of aromatic nitrogens is 2. The number of hydrogen-bond donors (Lipinski definition) is 2. The molecule has 3 aromatic carbocycles. The van der Waals surface area contributed by atoms with E-state index < -0.39 is 0 Å². The van der Waals surface area contributed by atoms with Gasteiger partial charge in [-0.15, -0.1) is 0 Å². The normalized spacial score (nSPS) is 13.6. The number of carbonyl (C=O) groups is 2. The number of hydrogen-bond acceptors (Lipinski definition) is 4. The van der Waals surface area contributed by atoms with Crippen molar-refractivity contribution in [1.82, 2.24) is 14.5 Å². The van der Waals surface area contributed by atoms with E-state index in [9.17, 15) is 14.7 Å². The molecule has 7 heteroatoms. The van der Waals surface area contributed by atoms with E-state index in [1.54, 1.807) is 7.11 Å². The number of aliphatic hydroxyl groups is 1. The number of methoxy groups -OCH3 is 1. The van der Waals surface area contributed by atoms with E-state index in [0.29, 0.717) is 29.8 Å². The number of carbonyl (C=O) groups excluding carboxylic acids is 2. The highest BCUT2D eigenvalue weighted by Crippen LogP contribution is 2.44. The van der Waals surface area contributed by atoms with Gasteiger partial charge in [0, 0.05) is 59.4 Å². The van der Waals surface area contributed by atoms with E-state index in [0.717, 1.165) is 43.5 Å². The minimum absolute atomic E-state index is 0.0506. The third-order valence-corrected chi connectivity index (χ3v) is 6.54. The Hall–Kier alpha value is -3.84. The number of aliphatic hydroxyl groups excluding tert-OH is 1. The van der Waals surface area contributed by atoms with E-state index in [1.807, 2.05) is 54.2 Å². The fourth-order valence-corrected chi connectivity index (χ4v) is 5.22. The third kappa shape index (κ3) is 2.28. The molecule has 6 rings (SSSR count). The largest absolute Gasteiger partial charge is 0.497 e. The lowest BCUT2D eigenvalue weighted by molar-refractivity contribution is 0.0880. The number of benzene rings is 3. The summed E-state index contributed by atoms with van der Waals surface area (Å²) in [6.07, 6.45) is 2.52. The standard InChI is InChI=1S/C25H21N3O4/c1-27-10-8-13-4-6-16-19(22(13)27)21-20(24(30)26-25(21)31)18-15-7-5-14(32-2)12-17(15)28(23(16)18)9-3-11-29/h4-8,10,12,29H,3,9,11H2,1-2H3,(H,26,30,31). The number of nitrogens with one attached hydrogen (secondary N) is 1. The lowest BCUT2D eigenvalue weighted by atomic mass is 9.93. The Bertz CT molecular complexity index is 1620. The monoisotopic (exact) mass is 427 g/mol. The predicted molar refractivity (Wildman–Crippen MR) is 123 cm³/mol. The molecule has 0 aliphatic carbocycles. The highest BCUT2D eigenvalue weighted by Gasteiger charge is 2.35. The molecule has 1 aliphatic rings. The number of nitrogens with zero attached hydrogens (tertiary/aromatic N) is 2. The maximum atomic E-state index is 13.1. The number of ether oxygens (including phenoxy) is 1. The molecule has 160 valence electrons. The summed E-state index contributed by atoms with van der Waals surface area (Å²) in [7, 11) is 3.56. The number of rotatable bonds is 4. The van der Waals surface area contributed by atoms with Crippen molar-refractivity contribution in [3.8, 4) is 5.75 Å². The molecule has 0 saturated heterocycles. The quantitative estimate of drug-likeness (QED) is 0.428. The zero-order valence-electron chi connectivity index (χ0n) is 17.7. The summed E-state index contributed by atoms with van der Waals surface area (Å²) in [6.45, 7) is 0.618. The number of aryl methyl sites for hydroxylation is 2. The molecule has 32 heavy (non-hydrogen) atoms. The molecule has 2 N–H and O–H groups in total. The van der Waals surface area contributed by atoms with Gasteiger partial charge in [0.1, 0.15) is 5.75 Å². The summed E-state index contributed by atoms with van der Waals surface area (Å²) >= 11 is 0. The molecule has 0 fully saturated rings. The first-order valence-corrected chi connectivity index (χ1v) is 10.6. The van der Waals surface area contributed by atoms with Crippen molar-refractivity contribution in [1.29, 1.82) is 0 Å². The van der Waals surface area contributed by atoms with Crippen LogP contribution in [0.1, 0.15) is 27.1 Å². The number of fused-ring (bicyclic) bond motifs is 10. The molecule has 3 heterocycles. The average molecular weight is 427 g/mol. The van der Waals surface area contributed by atoms with Crippen LogP contribution in [0, 0.1) is 0 Å². The second kappa shape index (κ2) is 6.58. The number of amides is 2. The van der Waals surface area contributed by atoms with Crippen molar-refractivity contribution >= 4 is 55.3 Å². The van der Waals surface area contributed by atoms with Gasteiger partial charge in [-0.05, 0) is 24.6 Å². The molecule has 2 amide bonds. The Morgan fingerprint density at radius 2 is 1.69 bits per heavy atom. The van der Waals surface area contributed by atoms with Gasteiger partial charge in [0.15, 0.2) is 0 Å². The molecule has 0 unspecified atom stereocenters. The van der Waals surface area contributed by atoms with E-state index in [1.165, 1.54) is 0 Å². The molecule has 0 bridgehead atoms. The molecular formula is C25H21N3O4. The van der Waals surface area contributed by atoms with Crippen LogP contribution in [0.25, 0.3) is 43.5 Å². The first kappa shape index (κ1) is 18.9. The van der Waals surface area contributed by atoms with Gasteiger partial charge in [0.2, 0.25) is 0 Å². The van der Waals surface area contributed by atoms with Crippen LogP contribution in [0.15, 0.2) is 42.6 Å². The second-order valence-electron chi connectivity index (χ2n) is 8.22. The van der Waals surface area contributed by atoms with Crippen LogP contribution >= 0.6 is 0 Å². The van der Waals surface area contributed by atoms with Gasteiger partial charge in [-0.25, -0.2) is 0 Å². The summed E-state index contributed by atoms with van der Waals surface area (Å²) < 4.78 is 9.59. The van der Waals surface area contributed by atoms with Crippen molar-refractivity contribution in [2.24, 2.45) is 7.05 Å². The molecule has 0 spiro atoms. The van der Waals surface area contributed by atoms with Crippen molar-refractivity contribution in [3.05, 3.63) is 53.7 Å². The lowest BCUT2D eigenvalue weighted by Crippen LogP contribution is -2.20. The molecular weight excluding hydrogens is 406 g/mol. The van der Waals surface area contributed by atoms with Crippen LogP contribution in [0.4, 0.5) is 0 Å². The lowest BCUT2D eigenvalue weighted by Gasteiger charge is -2.13. The van der Waals surface area contributed by atoms with Gasteiger partial charge < -0.3 is 19.0 Å².